The first-order valence-corrected chi connectivity index (χ1v) is 9.39. The average Bonchev–Trinajstić information content (AvgIpc) is 3.30. The summed E-state index contributed by atoms with van der Waals surface area (Å²) < 4.78 is 29.3. The van der Waals surface area contributed by atoms with E-state index in [9.17, 15) is 0 Å². The molecule has 0 spiro atoms. The van der Waals surface area contributed by atoms with E-state index >= 15 is 0 Å². The van der Waals surface area contributed by atoms with E-state index in [1.165, 1.54) is 16.7 Å². The number of hydrogen-bond acceptors (Lipinski definition) is 6. The molecule has 27 heavy (non-hydrogen) atoms. The molecule has 6 aliphatic rings. The third kappa shape index (κ3) is 1.53. The molecule has 0 unspecified atom stereocenters. The van der Waals surface area contributed by atoms with Crippen LogP contribution in [0.15, 0.2) is 24.3 Å². The predicted molar refractivity (Wildman–Crippen MR) is 94.3 cm³/mol. The van der Waals surface area contributed by atoms with Crippen LogP contribution in [0.5, 0.6) is 23.0 Å². The van der Waals surface area contributed by atoms with Crippen molar-refractivity contribution in [3.63, 3.8) is 0 Å². The predicted octanol–water partition coefficient (Wildman–Crippen LogP) is 3.04. The highest BCUT2D eigenvalue weighted by Gasteiger charge is 2.62. The summed E-state index contributed by atoms with van der Waals surface area (Å²) >= 11 is 0. The average molecular weight is 365 g/mol. The van der Waals surface area contributed by atoms with Gasteiger partial charge in [0.05, 0.1) is 6.10 Å². The van der Waals surface area contributed by atoms with Crippen molar-refractivity contribution in [1.82, 2.24) is 4.90 Å². The molecule has 1 fully saturated rings. The number of hydrogen-bond donors (Lipinski definition) is 0. The van der Waals surface area contributed by atoms with Crippen molar-refractivity contribution in [3.05, 3.63) is 46.5 Å². The fraction of sp³-hybridized carbons (Fsp3) is 0.429. The van der Waals surface area contributed by atoms with E-state index in [-0.39, 0.29) is 30.6 Å². The van der Waals surface area contributed by atoms with Crippen LogP contribution in [0.4, 0.5) is 0 Å². The van der Waals surface area contributed by atoms with Crippen LogP contribution < -0.4 is 18.9 Å². The molecule has 1 saturated heterocycles. The number of ether oxygens (including phenoxy) is 5. The summed E-state index contributed by atoms with van der Waals surface area (Å²) in [6, 6.07) is 8.78. The van der Waals surface area contributed by atoms with E-state index in [1.54, 1.807) is 0 Å². The first-order valence-electron chi connectivity index (χ1n) is 9.39. The smallest absolute Gasteiger partial charge is 0.231 e. The van der Waals surface area contributed by atoms with Crippen molar-refractivity contribution in [1.29, 1.82) is 0 Å². The molecule has 0 N–H and O–H groups in total. The number of rotatable bonds is 0. The molecule has 5 aliphatic heterocycles. The van der Waals surface area contributed by atoms with Crippen LogP contribution in [0.3, 0.4) is 0 Å². The van der Waals surface area contributed by atoms with Gasteiger partial charge in [-0.3, -0.25) is 4.90 Å². The molecule has 4 bridgehead atoms. The number of benzene rings is 2. The SMILES string of the molecule is CN1[C@H]2O[C@H]3Cc4cc5c(cc4[C@@H]1[C@@]3(C)c1ccc3c(c12)OCO3)OCO5. The van der Waals surface area contributed by atoms with Crippen LogP contribution in [-0.4, -0.2) is 31.6 Å². The van der Waals surface area contributed by atoms with Crippen molar-refractivity contribution in [2.24, 2.45) is 0 Å². The Kier molecular flexibility index (Phi) is 2.44. The Morgan fingerprint density at radius 1 is 1.00 bits per heavy atom. The lowest BCUT2D eigenvalue weighted by Gasteiger charge is -2.62. The second kappa shape index (κ2) is 4.51. The largest absolute Gasteiger partial charge is 0.454 e. The summed E-state index contributed by atoms with van der Waals surface area (Å²) in [4.78, 5) is 2.33. The summed E-state index contributed by atoms with van der Waals surface area (Å²) in [7, 11) is 2.14. The standard InChI is InChI=1S/C21H19NO5/c1-21-12-3-4-13-18(26-9-23-13)17(12)20-22(2)19(21)11-7-15-14(24-8-25-15)5-10(11)6-16(21)27-20/h3-5,7,16,19-20H,6,8-9H2,1-2H3/t16-,19+,20-,21-/m0/s1. The van der Waals surface area contributed by atoms with E-state index in [2.05, 4.69) is 37.1 Å². The first-order chi connectivity index (χ1) is 13.2. The molecule has 0 amide bonds. The summed E-state index contributed by atoms with van der Waals surface area (Å²) in [5.74, 6) is 3.35. The molecule has 138 valence electrons. The summed E-state index contributed by atoms with van der Waals surface area (Å²) in [5.41, 5.74) is 4.89. The van der Waals surface area contributed by atoms with E-state index in [0.717, 1.165) is 35.0 Å². The molecular weight excluding hydrogens is 346 g/mol. The highest BCUT2D eigenvalue weighted by Crippen LogP contribution is 2.64. The van der Waals surface area contributed by atoms with E-state index < -0.39 is 0 Å². The second-order valence-electron chi connectivity index (χ2n) is 8.20. The minimum absolute atomic E-state index is 0.115. The number of fused-ring (bicyclic) bond motifs is 3. The Hall–Kier alpha value is -2.44. The molecule has 0 aromatic heterocycles. The van der Waals surface area contributed by atoms with E-state index in [4.69, 9.17) is 23.7 Å². The minimum Gasteiger partial charge on any atom is -0.454 e. The molecule has 6 heteroatoms. The quantitative estimate of drug-likeness (QED) is 0.715. The lowest BCUT2D eigenvalue weighted by Crippen LogP contribution is -2.63. The van der Waals surface area contributed by atoms with Gasteiger partial charge in [0.1, 0.15) is 6.23 Å². The lowest BCUT2D eigenvalue weighted by atomic mass is 9.58. The zero-order chi connectivity index (χ0) is 17.9. The number of likely N-dealkylation sites (N-methyl/N-ethyl adjacent to an activating group) is 1. The van der Waals surface area contributed by atoms with Crippen LogP contribution in [0.1, 0.15) is 41.4 Å². The van der Waals surface area contributed by atoms with Crippen molar-refractivity contribution in [2.75, 3.05) is 20.6 Å². The summed E-state index contributed by atoms with van der Waals surface area (Å²) in [6.07, 6.45) is 0.855. The van der Waals surface area contributed by atoms with Crippen LogP contribution in [0.2, 0.25) is 0 Å². The van der Waals surface area contributed by atoms with Gasteiger partial charge in [-0.25, -0.2) is 0 Å². The van der Waals surface area contributed by atoms with Gasteiger partial charge < -0.3 is 23.7 Å². The van der Waals surface area contributed by atoms with Crippen molar-refractivity contribution < 1.29 is 23.7 Å². The Balaban J connectivity index is 1.49. The third-order valence-electron chi connectivity index (χ3n) is 7.05. The highest BCUT2D eigenvalue weighted by atomic mass is 16.7. The Morgan fingerprint density at radius 3 is 2.67 bits per heavy atom. The highest BCUT2D eigenvalue weighted by molar-refractivity contribution is 5.61. The Labute approximate surface area is 156 Å². The van der Waals surface area contributed by atoms with Gasteiger partial charge in [0.2, 0.25) is 13.6 Å². The first kappa shape index (κ1) is 14.6. The van der Waals surface area contributed by atoms with Crippen LogP contribution in [0, 0.1) is 0 Å². The molecule has 4 atom stereocenters. The van der Waals surface area contributed by atoms with Gasteiger partial charge >= 0.3 is 0 Å². The zero-order valence-electron chi connectivity index (χ0n) is 15.2. The Bertz CT molecular complexity index is 1020. The van der Waals surface area contributed by atoms with Crippen LogP contribution in [-0.2, 0) is 16.6 Å². The van der Waals surface area contributed by atoms with E-state index in [0.29, 0.717) is 6.79 Å². The molecule has 2 aromatic carbocycles. The van der Waals surface area contributed by atoms with Gasteiger partial charge in [0.25, 0.3) is 0 Å². The number of nitrogens with zero attached hydrogens (tertiary/aromatic N) is 1. The van der Waals surface area contributed by atoms with Crippen molar-refractivity contribution >= 4 is 0 Å². The molecule has 2 aromatic rings. The van der Waals surface area contributed by atoms with E-state index in [1.807, 2.05) is 6.07 Å². The van der Waals surface area contributed by atoms with Crippen molar-refractivity contribution in [2.45, 2.75) is 37.1 Å². The van der Waals surface area contributed by atoms with Gasteiger partial charge in [-0.15, -0.1) is 0 Å². The lowest BCUT2D eigenvalue weighted by molar-refractivity contribution is -0.220. The Morgan fingerprint density at radius 2 is 1.78 bits per heavy atom. The fourth-order valence-electron chi connectivity index (χ4n) is 5.86. The maximum atomic E-state index is 6.62. The maximum absolute atomic E-state index is 6.62. The second-order valence-corrected chi connectivity index (χ2v) is 8.20. The zero-order valence-corrected chi connectivity index (χ0v) is 15.2. The molecule has 5 heterocycles. The van der Waals surface area contributed by atoms with Gasteiger partial charge in [-0.2, -0.15) is 0 Å². The fourth-order valence-corrected chi connectivity index (χ4v) is 5.86. The summed E-state index contributed by atoms with van der Waals surface area (Å²) in [6.45, 7) is 2.89. The van der Waals surface area contributed by atoms with Crippen LogP contribution >= 0.6 is 0 Å². The maximum Gasteiger partial charge on any atom is 0.231 e. The molecule has 0 radical (unpaired) electrons. The van der Waals surface area contributed by atoms with Gasteiger partial charge in [0.15, 0.2) is 23.0 Å². The summed E-state index contributed by atoms with van der Waals surface area (Å²) in [5, 5.41) is 0. The van der Waals surface area contributed by atoms with Crippen LogP contribution in [0.25, 0.3) is 0 Å². The molecule has 0 saturated carbocycles. The topological polar surface area (TPSA) is 49.4 Å². The van der Waals surface area contributed by atoms with Crippen molar-refractivity contribution in [3.8, 4) is 23.0 Å². The molecule has 1 aliphatic carbocycles. The monoisotopic (exact) mass is 365 g/mol. The third-order valence-corrected chi connectivity index (χ3v) is 7.05. The van der Waals surface area contributed by atoms with Gasteiger partial charge in [0, 0.05) is 23.4 Å². The van der Waals surface area contributed by atoms with Gasteiger partial charge in [-0.05, 0) is 41.9 Å². The minimum atomic E-state index is -0.166. The van der Waals surface area contributed by atoms with Gasteiger partial charge in [-0.1, -0.05) is 13.0 Å². The molecule has 6 nitrogen and oxygen atoms in total. The normalized spacial score (nSPS) is 33.8. The molecular formula is C21H19NO5. The molecule has 8 rings (SSSR count).